The SMILES string of the molecule is CC(C)N1CCC(c2cc3c(cc2F)c(C2CCC(=O)NC2=O)nn3C)CC1. The molecule has 28 heavy (non-hydrogen) atoms. The van der Waals surface area contributed by atoms with Crippen molar-refractivity contribution in [3.05, 3.63) is 29.2 Å². The molecule has 2 saturated heterocycles. The number of benzene rings is 1. The molecule has 2 amide bonds. The maximum atomic E-state index is 15.1. The van der Waals surface area contributed by atoms with E-state index in [2.05, 4.69) is 29.2 Å². The van der Waals surface area contributed by atoms with Crippen molar-refractivity contribution in [1.29, 1.82) is 0 Å². The molecule has 3 heterocycles. The van der Waals surface area contributed by atoms with Crippen molar-refractivity contribution in [1.82, 2.24) is 20.0 Å². The highest BCUT2D eigenvalue weighted by molar-refractivity contribution is 6.02. The van der Waals surface area contributed by atoms with Gasteiger partial charge in [0.15, 0.2) is 0 Å². The van der Waals surface area contributed by atoms with Crippen molar-refractivity contribution in [3.8, 4) is 0 Å². The topological polar surface area (TPSA) is 67.2 Å². The molecule has 0 spiro atoms. The van der Waals surface area contributed by atoms with Crippen LogP contribution in [0.5, 0.6) is 0 Å². The molecular weight excluding hydrogens is 359 g/mol. The van der Waals surface area contributed by atoms with Crippen molar-refractivity contribution in [2.24, 2.45) is 7.05 Å². The highest BCUT2D eigenvalue weighted by Crippen LogP contribution is 2.36. The highest BCUT2D eigenvalue weighted by atomic mass is 19.1. The van der Waals surface area contributed by atoms with Crippen LogP contribution in [0.3, 0.4) is 0 Å². The lowest BCUT2D eigenvalue weighted by Crippen LogP contribution is -2.39. The first-order valence-electron chi connectivity index (χ1n) is 10.1. The predicted molar refractivity (Wildman–Crippen MR) is 104 cm³/mol. The summed E-state index contributed by atoms with van der Waals surface area (Å²) in [5, 5.41) is 7.55. The van der Waals surface area contributed by atoms with E-state index in [4.69, 9.17) is 0 Å². The zero-order chi connectivity index (χ0) is 20.0. The van der Waals surface area contributed by atoms with Gasteiger partial charge in [-0.25, -0.2) is 4.39 Å². The van der Waals surface area contributed by atoms with Gasteiger partial charge in [0.25, 0.3) is 0 Å². The largest absolute Gasteiger partial charge is 0.301 e. The average Bonchev–Trinajstić information content (AvgIpc) is 2.96. The third-order valence-corrected chi connectivity index (χ3v) is 6.27. The minimum atomic E-state index is -0.513. The summed E-state index contributed by atoms with van der Waals surface area (Å²) < 4.78 is 16.8. The van der Waals surface area contributed by atoms with E-state index in [9.17, 15) is 9.59 Å². The van der Waals surface area contributed by atoms with Crippen LogP contribution in [0.1, 0.15) is 62.6 Å². The number of aromatic nitrogens is 2. The molecule has 0 aliphatic carbocycles. The summed E-state index contributed by atoms with van der Waals surface area (Å²) in [6.45, 7) is 6.34. The van der Waals surface area contributed by atoms with Crippen LogP contribution in [0.15, 0.2) is 12.1 Å². The first-order valence-corrected chi connectivity index (χ1v) is 10.1. The second-order valence-electron chi connectivity index (χ2n) is 8.31. The number of fused-ring (bicyclic) bond motifs is 1. The summed E-state index contributed by atoms with van der Waals surface area (Å²) in [6.07, 6.45) is 2.58. The van der Waals surface area contributed by atoms with Gasteiger partial charge in [-0.3, -0.25) is 19.6 Å². The van der Waals surface area contributed by atoms with Gasteiger partial charge in [0.2, 0.25) is 11.8 Å². The molecule has 1 aromatic carbocycles. The molecule has 2 aliphatic heterocycles. The Morgan fingerprint density at radius 3 is 2.54 bits per heavy atom. The Bertz CT molecular complexity index is 928. The number of hydrogen-bond acceptors (Lipinski definition) is 4. The molecule has 2 aromatic rings. The molecule has 0 radical (unpaired) electrons. The molecule has 7 heteroatoms. The summed E-state index contributed by atoms with van der Waals surface area (Å²) in [5.74, 6) is -1.14. The number of aryl methyl sites for hydroxylation is 1. The standard InChI is InChI=1S/C21H27FN4O2/c1-12(2)26-8-6-13(7-9-26)15-11-18-16(10-17(15)22)20(24-25(18)3)14-4-5-19(27)23-21(14)28/h10-14H,4-9H2,1-3H3,(H,23,27,28). The van der Waals surface area contributed by atoms with Gasteiger partial charge in [0.1, 0.15) is 5.82 Å². The third-order valence-electron chi connectivity index (χ3n) is 6.27. The minimum absolute atomic E-state index is 0.202. The van der Waals surface area contributed by atoms with Gasteiger partial charge in [0.05, 0.1) is 17.1 Å². The van der Waals surface area contributed by atoms with Crippen molar-refractivity contribution >= 4 is 22.7 Å². The number of nitrogens with one attached hydrogen (secondary N) is 1. The minimum Gasteiger partial charge on any atom is -0.301 e. The van der Waals surface area contributed by atoms with Crippen LogP contribution in [0.4, 0.5) is 4.39 Å². The van der Waals surface area contributed by atoms with E-state index in [1.165, 1.54) is 6.07 Å². The molecular formula is C21H27FN4O2. The number of imide groups is 1. The van der Waals surface area contributed by atoms with Gasteiger partial charge >= 0.3 is 0 Å². The zero-order valence-electron chi connectivity index (χ0n) is 16.7. The van der Waals surface area contributed by atoms with Crippen molar-refractivity contribution in [2.45, 2.75) is 57.4 Å². The van der Waals surface area contributed by atoms with E-state index in [-0.39, 0.29) is 30.0 Å². The van der Waals surface area contributed by atoms with E-state index in [1.54, 1.807) is 4.68 Å². The van der Waals surface area contributed by atoms with Crippen LogP contribution in [-0.2, 0) is 16.6 Å². The van der Waals surface area contributed by atoms with Gasteiger partial charge in [-0.05, 0) is 69.8 Å². The molecule has 150 valence electrons. The van der Waals surface area contributed by atoms with E-state index in [0.29, 0.717) is 23.5 Å². The van der Waals surface area contributed by atoms with E-state index in [0.717, 1.165) is 37.0 Å². The fraction of sp³-hybridized carbons (Fsp3) is 0.571. The molecule has 1 unspecified atom stereocenters. The zero-order valence-corrected chi connectivity index (χ0v) is 16.7. The Morgan fingerprint density at radius 1 is 1.18 bits per heavy atom. The van der Waals surface area contributed by atoms with E-state index >= 15 is 4.39 Å². The Balaban J connectivity index is 1.66. The fourth-order valence-corrected chi connectivity index (χ4v) is 4.57. The van der Waals surface area contributed by atoms with Gasteiger partial charge < -0.3 is 4.90 Å². The first-order chi connectivity index (χ1) is 13.3. The van der Waals surface area contributed by atoms with E-state index < -0.39 is 5.92 Å². The predicted octanol–water partition coefficient (Wildman–Crippen LogP) is 2.82. The fourth-order valence-electron chi connectivity index (χ4n) is 4.57. The van der Waals surface area contributed by atoms with Crippen LogP contribution in [-0.4, -0.2) is 45.6 Å². The number of likely N-dealkylation sites (tertiary alicyclic amines) is 1. The monoisotopic (exact) mass is 386 g/mol. The number of amides is 2. The lowest BCUT2D eigenvalue weighted by molar-refractivity contribution is -0.134. The first kappa shape index (κ1) is 19.1. The molecule has 6 nitrogen and oxygen atoms in total. The van der Waals surface area contributed by atoms with Crippen molar-refractivity contribution in [3.63, 3.8) is 0 Å². The summed E-state index contributed by atoms with van der Waals surface area (Å²) in [5.41, 5.74) is 2.14. The molecule has 1 aromatic heterocycles. The quantitative estimate of drug-likeness (QED) is 0.824. The van der Waals surface area contributed by atoms with Crippen molar-refractivity contribution < 1.29 is 14.0 Å². The smallest absolute Gasteiger partial charge is 0.235 e. The molecule has 2 aliphatic rings. The Morgan fingerprint density at radius 2 is 1.89 bits per heavy atom. The maximum absolute atomic E-state index is 15.1. The van der Waals surface area contributed by atoms with Gasteiger partial charge in [0, 0.05) is 24.9 Å². The van der Waals surface area contributed by atoms with E-state index in [1.807, 2.05) is 13.1 Å². The van der Waals surface area contributed by atoms with Crippen LogP contribution < -0.4 is 5.32 Å². The maximum Gasteiger partial charge on any atom is 0.235 e. The van der Waals surface area contributed by atoms with Crippen LogP contribution >= 0.6 is 0 Å². The molecule has 0 bridgehead atoms. The number of nitrogens with zero attached hydrogens (tertiary/aromatic N) is 3. The van der Waals surface area contributed by atoms with Gasteiger partial charge in [-0.1, -0.05) is 0 Å². The van der Waals surface area contributed by atoms with Crippen LogP contribution in [0.25, 0.3) is 10.9 Å². The van der Waals surface area contributed by atoms with Crippen molar-refractivity contribution in [2.75, 3.05) is 13.1 Å². The number of halogens is 1. The van der Waals surface area contributed by atoms with Crippen LogP contribution in [0.2, 0.25) is 0 Å². The van der Waals surface area contributed by atoms with Gasteiger partial charge in [-0.2, -0.15) is 5.10 Å². The third kappa shape index (κ3) is 3.32. The molecule has 2 fully saturated rings. The highest BCUT2D eigenvalue weighted by Gasteiger charge is 2.32. The number of carbonyl (C=O) groups is 2. The summed E-state index contributed by atoms with van der Waals surface area (Å²) in [6, 6.07) is 3.95. The normalized spacial score (nSPS) is 22.2. The van der Waals surface area contributed by atoms with Gasteiger partial charge in [-0.15, -0.1) is 0 Å². The Kier molecular flexibility index (Phi) is 4.95. The van der Waals surface area contributed by atoms with Crippen LogP contribution in [0, 0.1) is 5.82 Å². The number of rotatable bonds is 3. The second kappa shape index (κ2) is 7.28. The lowest BCUT2D eigenvalue weighted by atomic mass is 9.87. The lowest BCUT2D eigenvalue weighted by Gasteiger charge is -2.34. The molecule has 4 rings (SSSR count). The second-order valence-corrected chi connectivity index (χ2v) is 8.31. The Labute approximate surface area is 164 Å². The number of piperidine rings is 2. The average molecular weight is 386 g/mol. The number of hydrogen-bond donors (Lipinski definition) is 1. The molecule has 0 saturated carbocycles. The summed E-state index contributed by atoms with van der Waals surface area (Å²) >= 11 is 0. The summed E-state index contributed by atoms with van der Waals surface area (Å²) in [7, 11) is 1.82. The molecule has 1 N–H and O–H groups in total. The summed E-state index contributed by atoms with van der Waals surface area (Å²) in [4.78, 5) is 26.1. The molecule has 1 atom stereocenters. The Hall–Kier alpha value is -2.28. The number of carbonyl (C=O) groups excluding carboxylic acids is 2.